The van der Waals surface area contributed by atoms with Gasteiger partial charge in [0.2, 0.25) is 0 Å². The number of hydrogen-bond donors (Lipinski definition) is 0. The molecule has 0 radical (unpaired) electrons. The Morgan fingerprint density at radius 1 is 1.09 bits per heavy atom. The van der Waals surface area contributed by atoms with Crippen LogP contribution in [0.25, 0.3) is 28.7 Å². The van der Waals surface area contributed by atoms with Gasteiger partial charge in [0, 0.05) is 6.92 Å². The van der Waals surface area contributed by atoms with Gasteiger partial charge in [-0.05, 0) is 54.6 Å². The van der Waals surface area contributed by atoms with Crippen LogP contribution in [0.15, 0.2) is 65.5 Å². The largest absolute Gasteiger partial charge is 0.459 e. The molecule has 0 amide bonds. The smallest absolute Gasteiger partial charge is 0.303 e. The number of aromatic nitrogens is 3. The molecule has 160 valence electrons. The molecular formula is C24H17ClFN3O3. The number of carbonyl (C=O) groups is 1. The van der Waals surface area contributed by atoms with E-state index in [1.54, 1.807) is 54.6 Å². The van der Waals surface area contributed by atoms with Gasteiger partial charge in [-0.2, -0.15) is 0 Å². The van der Waals surface area contributed by atoms with Gasteiger partial charge in [-0.1, -0.05) is 29.8 Å². The first-order valence-electron chi connectivity index (χ1n) is 9.67. The molecule has 0 spiro atoms. The van der Waals surface area contributed by atoms with Crippen molar-refractivity contribution in [2.45, 2.75) is 13.5 Å². The molecule has 0 aliphatic carbocycles. The Bertz CT molecular complexity index is 1420. The number of esters is 1. The van der Waals surface area contributed by atoms with Crippen molar-refractivity contribution in [3.8, 4) is 5.69 Å². The summed E-state index contributed by atoms with van der Waals surface area (Å²) in [5.41, 5.74) is 1.49. The third-order valence-corrected chi connectivity index (χ3v) is 4.92. The number of fused-ring (bicyclic) bond motifs is 1. The van der Waals surface area contributed by atoms with Crippen molar-refractivity contribution in [1.82, 2.24) is 14.5 Å². The van der Waals surface area contributed by atoms with Gasteiger partial charge in [-0.3, -0.25) is 14.2 Å². The number of para-hydroxylation sites is 1. The minimum atomic E-state index is -0.529. The average molecular weight is 450 g/mol. The van der Waals surface area contributed by atoms with Gasteiger partial charge in [0.05, 0.1) is 33.0 Å². The lowest BCUT2D eigenvalue weighted by molar-refractivity contribution is -0.142. The van der Waals surface area contributed by atoms with Gasteiger partial charge in [-0.15, -0.1) is 0 Å². The Balaban J connectivity index is 1.83. The molecule has 2 heterocycles. The minimum Gasteiger partial charge on any atom is -0.459 e. The van der Waals surface area contributed by atoms with Crippen LogP contribution in [0.2, 0.25) is 5.02 Å². The predicted octanol–water partition coefficient (Wildman–Crippen LogP) is 4.81. The van der Waals surface area contributed by atoms with Crippen LogP contribution in [0.4, 0.5) is 4.39 Å². The van der Waals surface area contributed by atoms with E-state index in [0.717, 1.165) is 6.07 Å². The highest BCUT2D eigenvalue weighted by Crippen LogP contribution is 2.22. The van der Waals surface area contributed by atoms with Gasteiger partial charge < -0.3 is 4.74 Å². The van der Waals surface area contributed by atoms with Crippen LogP contribution in [0, 0.1) is 5.82 Å². The molecule has 0 saturated heterocycles. The van der Waals surface area contributed by atoms with Crippen molar-refractivity contribution >= 4 is 40.6 Å². The lowest BCUT2D eigenvalue weighted by Crippen LogP contribution is -2.22. The van der Waals surface area contributed by atoms with Crippen molar-refractivity contribution in [2.24, 2.45) is 0 Å². The molecule has 0 aliphatic rings. The second-order valence-corrected chi connectivity index (χ2v) is 7.30. The van der Waals surface area contributed by atoms with E-state index in [-0.39, 0.29) is 12.0 Å². The van der Waals surface area contributed by atoms with Gasteiger partial charge >= 0.3 is 5.97 Å². The second kappa shape index (κ2) is 9.11. The summed E-state index contributed by atoms with van der Waals surface area (Å²) < 4.78 is 20.1. The number of carbonyl (C=O) groups excluding carboxylic acids is 1. The van der Waals surface area contributed by atoms with E-state index in [1.807, 2.05) is 0 Å². The van der Waals surface area contributed by atoms with E-state index in [9.17, 15) is 14.0 Å². The lowest BCUT2D eigenvalue weighted by atomic mass is 10.2. The van der Waals surface area contributed by atoms with Crippen molar-refractivity contribution in [3.05, 3.63) is 99.1 Å². The molecular weight excluding hydrogens is 433 g/mol. The fraction of sp³-hybridized carbons (Fsp3) is 0.0833. The zero-order valence-corrected chi connectivity index (χ0v) is 17.7. The predicted molar refractivity (Wildman–Crippen MR) is 121 cm³/mol. The Hall–Kier alpha value is -3.84. The van der Waals surface area contributed by atoms with Crippen LogP contribution < -0.4 is 5.56 Å². The number of halogens is 2. The van der Waals surface area contributed by atoms with E-state index in [2.05, 4.69) is 9.97 Å². The molecule has 0 atom stereocenters. The topological polar surface area (TPSA) is 74.1 Å². The Morgan fingerprint density at radius 2 is 1.91 bits per heavy atom. The van der Waals surface area contributed by atoms with Crippen LogP contribution in [0.5, 0.6) is 0 Å². The van der Waals surface area contributed by atoms with Gasteiger partial charge in [0.25, 0.3) is 5.56 Å². The van der Waals surface area contributed by atoms with E-state index in [4.69, 9.17) is 16.3 Å². The first-order valence-corrected chi connectivity index (χ1v) is 10.0. The summed E-state index contributed by atoms with van der Waals surface area (Å²) in [6.45, 7) is 1.39. The number of nitrogens with zero attached hydrogens (tertiary/aromatic N) is 3. The van der Waals surface area contributed by atoms with Crippen LogP contribution in [-0.2, 0) is 16.1 Å². The molecule has 0 saturated carbocycles. The zero-order chi connectivity index (χ0) is 22.7. The Labute approximate surface area is 187 Å². The lowest BCUT2D eigenvalue weighted by Gasteiger charge is -2.13. The first kappa shape index (κ1) is 21.4. The molecule has 8 heteroatoms. The molecule has 2 aromatic carbocycles. The normalized spacial score (nSPS) is 11.2. The van der Waals surface area contributed by atoms with Crippen molar-refractivity contribution in [1.29, 1.82) is 0 Å². The number of hydrogen-bond acceptors (Lipinski definition) is 5. The summed E-state index contributed by atoms with van der Waals surface area (Å²) in [5.74, 6) is -0.623. The standard InChI is InChI=1S/C24H17ClFN3O3/c1-15(30)32-14-18-6-4-5-17(27-18)10-12-23-28-21-11-9-16(26)13-19(21)24(31)29(23)22-8-3-2-7-20(22)25/h2-13H,14H2,1H3. The first-order chi connectivity index (χ1) is 15.4. The number of ether oxygens (including phenoxy) is 1. The monoisotopic (exact) mass is 449 g/mol. The maximum absolute atomic E-state index is 13.8. The SMILES string of the molecule is CC(=O)OCc1cccc(C=Cc2nc3ccc(F)cc3c(=O)n2-c2ccccc2Cl)n1. The minimum absolute atomic E-state index is 0.0567. The van der Waals surface area contributed by atoms with Crippen LogP contribution >= 0.6 is 11.6 Å². The Kier molecular flexibility index (Phi) is 6.09. The average Bonchev–Trinajstić information content (AvgIpc) is 2.78. The van der Waals surface area contributed by atoms with Crippen molar-refractivity contribution in [2.75, 3.05) is 0 Å². The van der Waals surface area contributed by atoms with E-state index < -0.39 is 17.3 Å². The van der Waals surface area contributed by atoms with Crippen LogP contribution in [0.1, 0.15) is 24.1 Å². The molecule has 0 bridgehead atoms. The molecule has 6 nitrogen and oxygen atoms in total. The highest BCUT2D eigenvalue weighted by molar-refractivity contribution is 6.32. The molecule has 4 rings (SSSR count). The van der Waals surface area contributed by atoms with E-state index in [1.165, 1.54) is 23.6 Å². The molecule has 2 aromatic heterocycles. The number of rotatable bonds is 5. The molecule has 4 aromatic rings. The quantitative estimate of drug-likeness (QED) is 0.409. The third kappa shape index (κ3) is 4.58. The van der Waals surface area contributed by atoms with Crippen LogP contribution in [-0.4, -0.2) is 20.5 Å². The van der Waals surface area contributed by atoms with Crippen LogP contribution in [0.3, 0.4) is 0 Å². The summed E-state index contributed by atoms with van der Waals surface area (Å²) in [6.07, 6.45) is 3.31. The van der Waals surface area contributed by atoms with Gasteiger partial charge in [-0.25, -0.2) is 14.4 Å². The highest BCUT2D eigenvalue weighted by Gasteiger charge is 2.14. The highest BCUT2D eigenvalue weighted by atomic mass is 35.5. The summed E-state index contributed by atoms with van der Waals surface area (Å²) in [4.78, 5) is 33.3. The summed E-state index contributed by atoms with van der Waals surface area (Å²) in [7, 11) is 0. The third-order valence-electron chi connectivity index (χ3n) is 4.60. The molecule has 0 aliphatic heterocycles. The maximum Gasteiger partial charge on any atom is 0.303 e. The van der Waals surface area contributed by atoms with E-state index in [0.29, 0.717) is 33.4 Å². The number of pyridine rings is 1. The second-order valence-electron chi connectivity index (χ2n) is 6.89. The molecule has 0 unspecified atom stereocenters. The van der Waals surface area contributed by atoms with E-state index >= 15 is 0 Å². The van der Waals surface area contributed by atoms with Crippen molar-refractivity contribution in [3.63, 3.8) is 0 Å². The fourth-order valence-corrected chi connectivity index (χ4v) is 3.38. The summed E-state index contributed by atoms with van der Waals surface area (Å²) in [5, 5.41) is 0.492. The molecule has 32 heavy (non-hydrogen) atoms. The summed E-state index contributed by atoms with van der Waals surface area (Å²) >= 11 is 6.34. The molecule has 0 fully saturated rings. The Morgan fingerprint density at radius 3 is 2.69 bits per heavy atom. The van der Waals surface area contributed by atoms with Gasteiger partial charge in [0.15, 0.2) is 0 Å². The zero-order valence-electron chi connectivity index (χ0n) is 17.0. The fourth-order valence-electron chi connectivity index (χ4n) is 3.16. The maximum atomic E-state index is 13.8. The van der Waals surface area contributed by atoms with Gasteiger partial charge in [0.1, 0.15) is 18.2 Å². The summed E-state index contributed by atoms with van der Waals surface area (Å²) in [6, 6.07) is 16.0. The van der Waals surface area contributed by atoms with Crippen molar-refractivity contribution < 1.29 is 13.9 Å². The molecule has 0 N–H and O–H groups in total. The number of benzene rings is 2.